The molecule has 0 spiro atoms. The van der Waals surface area contributed by atoms with Crippen molar-refractivity contribution in [1.82, 2.24) is 0 Å². The highest BCUT2D eigenvalue weighted by molar-refractivity contribution is 5.70. The van der Waals surface area contributed by atoms with Crippen molar-refractivity contribution in [3.8, 4) is 0 Å². The van der Waals surface area contributed by atoms with E-state index in [1.807, 2.05) is 0 Å². The van der Waals surface area contributed by atoms with Gasteiger partial charge < -0.3 is 14.6 Å². The molecule has 0 aliphatic carbocycles. The number of aliphatic hydroxyl groups excluding tert-OH is 1. The van der Waals surface area contributed by atoms with Gasteiger partial charge in [-0.1, -0.05) is 293 Å². The molecule has 0 heterocycles. The SMILES string of the molecule is CC/C=C\C/C=C\C/C=C\C/C=C\CCCCCCCCCCCCCCCCCCCCCCCCC(=O)OC(CO)COC(=O)CCCCCCCCCCC/C=C\CCCCCCCCCC. The van der Waals surface area contributed by atoms with Crippen molar-refractivity contribution in [3.63, 3.8) is 0 Å². The maximum atomic E-state index is 12.3. The van der Waals surface area contributed by atoms with Crippen LogP contribution in [0, 0.1) is 0 Å². The van der Waals surface area contributed by atoms with Crippen molar-refractivity contribution in [3.05, 3.63) is 60.8 Å². The van der Waals surface area contributed by atoms with Gasteiger partial charge >= 0.3 is 11.9 Å². The number of aliphatic hydroxyl groups is 1. The first-order chi connectivity index (χ1) is 34.6. The van der Waals surface area contributed by atoms with Gasteiger partial charge in [-0.25, -0.2) is 0 Å². The molecule has 0 saturated heterocycles. The van der Waals surface area contributed by atoms with Crippen molar-refractivity contribution < 1.29 is 24.2 Å². The monoisotopic (exact) mass is 979 g/mol. The summed E-state index contributed by atoms with van der Waals surface area (Å²) in [7, 11) is 0. The van der Waals surface area contributed by atoms with E-state index >= 15 is 0 Å². The van der Waals surface area contributed by atoms with Gasteiger partial charge in [0.15, 0.2) is 6.10 Å². The van der Waals surface area contributed by atoms with Gasteiger partial charge in [0.05, 0.1) is 6.61 Å². The molecule has 1 unspecified atom stereocenters. The number of carbonyl (C=O) groups excluding carboxylic acids is 2. The van der Waals surface area contributed by atoms with Gasteiger partial charge in [-0.2, -0.15) is 0 Å². The smallest absolute Gasteiger partial charge is 0.306 e. The van der Waals surface area contributed by atoms with Crippen LogP contribution < -0.4 is 0 Å². The van der Waals surface area contributed by atoms with Crippen molar-refractivity contribution in [2.24, 2.45) is 0 Å². The first-order valence-corrected chi connectivity index (χ1v) is 30.8. The normalized spacial score (nSPS) is 12.6. The largest absolute Gasteiger partial charge is 0.462 e. The number of hydrogen-bond donors (Lipinski definition) is 1. The predicted molar refractivity (Wildman–Crippen MR) is 307 cm³/mol. The first-order valence-electron chi connectivity index (χ1n) is 30.8. The second-order valence-corrected chi connectivity index (χ2v) is 20.8. The van der Waals surface area contributed by atoms with Gasteiger partial charge in [0, 0.05) is 12.8 Å². The Morgan fingerprint density at radius 3 is 0.943 bits per heavy atom. The minimum Gasteiger partial charge on any atom is -0.462 e. The third-order valence-electron chi connectivity index (χ3n) is 13.8. The molecule has 5 heteroatoms. The molecule has 5 nitrogen and oxygen atoms in total. The molecule has 0 aromatic rings. The number of carbonyl (C=O) groups is 2. The summed E-state index contributed by atoms with van der Waals surface area (Å²) in [5.74, 6) is -0.577. The van der Waals surface area contributed by atoms with Crippen LogP contribution in [-0.2, 0) is 19.1 Å². The lowest BCUT2D eigenvalue weighted by atomic mass is 10.0. The molecule has 1 N–H and O–H groups in total. The minimum atomic E-state index is -0.772. The fourth-order valence-electron chi connectivity index (χ4n) is 9.19. The Bertz CT molecular complexity index is 1200. The maximum absolute atomic E-state index is 12.3. The lowest BCUT2D eigenvalue weighted by Gasteiger charge is -2.15. The summed E-state index contributed by atoms with van der Waals surface area (Å²) in [4.78, 5) is 24.6. The molecule has 70 heavy (non-hydrogen) atoms. The van der Waals surface area contributed by atoms with E-state index < -0.39 is 6.10 Å². The molecule has 0 aromatic heterocycles. The van der Waals surface area contributed by atoms with Crippen LogP contribution in [0.3, 0.4) is 0 Å². The van der Waals surface area contributed by atoms with Gasteiger partial charge in [-0.05, 0) is 77.0 Å². The van der Waals surface area contributed by atoms with E-state index in [1.54, 1.807) is 0 Å². The number of hydrogen-bond acceptors (Lipinski definition) is 5. The molecule has 0 amide bonds. The Hall–Kier alpha value is -2.40. The zero-order chi connectivity index (χ0) is 50.6. The van der Waals surface area contributed by atoms with E-state index in [4.69, 9.17) is 9.47 Å². The van der Waals surface area contributed by atoms with Crippen molar-refractivity contribution in [2.45, 2.75) is 328 Å². The van der Waals surface area contributed by atoms with E-state index in [-0.39, 0.29) is 25.2 Å². The van der Waals surface area contributed by atoms with Crippen LogP contribution in [0.4, 0.5) is 0 Å². The average Bonchev–Trinajstić information content (AvgIpc) is 3.36. The Morgan fingerprint density at radius 2 is 0.614 bits per heavy atom. The topological polar surface area (TPSA) is 72.8 Å². The van der Waals surface area contributed by atoms with Crippen LogP contribution in [0.25, 0.3) is 0 Å². The summed E-state index contributed by atoms with van der Waals surface area (Å²) in [6.07, 6.45) is 82.2. The lowest BCUT2D eigenvalue weighted by Crippen LogP contribution is -2.28. The van der Waals surface area contributed by atoms with Crippen LogP contribution in [-0.4, -0.2) is 36.4 Å². The van der Waals surface area contributed by atoms with Crippen molar-refractivity contribution in [1.29, 1.82) is 0 Å². The zero-order valence-corrected chi connectivity index (χ0v) is 46.8. The average molecular weight is 980 g/mol. The fraction of sp³-hybridized carbons (Fsp3) is 0.815. The Kier molecular flexibility index (Phi) is 58.8. The summed E-state index contributed by atoms with van der Waals surface area (Å²) in [5, 5.41) is 9.67. The second kappa shape index (κ2) is 60.9. The second-order valence-electron chi connectivity index (χ2n) is 20.8. The molecular formula is C65H118O5. The van der Waals surface area contributed by atoms with Crippen LogP contribution in [0.2, 0.25) is 0 Å². The number of rotatable bonds is 57. The molecular weight excluding hydrogens is 861 g/mol. The van der Waals surface area contributed by atoms with Crippen molar-refractivity contribution >= 4 is 11.9 Å². The highest BCUT2D eigenvalue weighted by Crippen LogP contribution is 2.17. The summed E-state index contributed by atoms with van der Waals surface area (Å²) in [6, 6.07) is 0. The number of esters is 2. The van der Waals surface area contributed by atoms with E-state index in [2.05, 4.69) is 74.6 Å². The van der Waals surface area contributed by atoms with E-state index in [9.17, 15) is 14.7 Å². The molecule has 0 rings (SSSR count). The molecule has 0 aliphatic heterocycles. The number of unbranched alkanes of at least 4 members (excludes halogenated alkanes) is 39. The van der Waals surface area contributed by atoms with Gasteiger partial charge in [0.1, 0.15) is 6.61 Å². The molecule has 0 aromatic carbocycles. The van der Waals surface area contributed by atoms with Crippen LogP contribution >= 0.6 is 0 Å². The third-order valence-corrected chi connectivity index (χ3v) is 13.8. The summed E-state index contributed by atoms with van der Waals surface area (Å²) < 4.78 is 10.7. The minimum absolute atomic E-state index is 0.0633. The molecule has 0 aliphatic rings. The quantitative estimate of drug-likeness (QED) is 0.0373. The maximum Gasteiger partial charge on any atom is 0.306 e. The molecule has 408 valence electrons. The van der Waals surface area contributed by atoms with Crippen molar-refractivity contribution in [2.75, 3.05) is 13.2 Å². The molecule has 0 saturated carbocycles. The predicted octanol–water partition coefficient (Wildman–Crippen LogP) is 21.0. The first kappa shape index (κ1) is 67.6. The molecule has 0 fully saturated rings. The van der Waals surface area contributed by atoms with Gasteiger partial charge in [-0.15, -0.1) is 0 Å². The summed E-state index contributed by atoms with van der Waals surface area (Å²) in [6.45, 7) is 4.07. The highest BCUT2D eigenvalue weighted by atomic mass is 16.6. The number of allylic oxidation sites excluding steroid dienone is 10. The molecule has 1 atom stereocenters. The Balaban J connectivity index is 3.42. The fourth-order valence-corrected chi connectivity index (χ4v) is 9.19. The highest BCUT2D eigenvalue weighted by Gasteiger charge is 2.16. The lowest BCUT2D eigenvalue weighted by molar-refractivity contribution is -0.161. The van der Waals surface area contributed by atoms with E-state index in [0.29, 0.717) is 12.8 Å². The van der Waals surface area contributed by atoms with Crippen LogP contribution in [0.5, 0.6) is 0 Å². The van der Waals surface area contributed by atoms with Crippen LogP contribution in [0.15, 0.2) is 60.8 Å². The van der Waals surface area contributed by atoms with E-state index in [1.165, 1.54) is 231 Å². The summed E-state index contributed by atoms with van der Waals surface area (Å²) >= 11 is 0. The molecule has 0 bridgehead atoms. The molecule has 0 radical (unpaired) electrons. The summed E-state index contributed by atoms with van der Waals surface area (Å²) in [5.41, 5.74) is 0. The Labute approximate surface area is 436 Å². The van der Waals surface area contributed by atoms with Gasteiger partial charge in [-0.3, -0.25) is 9.59 Å². The van der Waals surface area contributed by atoms with Gasteiger partial charge in [0.25, 0.3) is 0 Å². The number of ether oxygens (including phenoxy) is 2. The van der Waals surface area contributed by atoms with Crippen LogP contribution in [0.1, 0.15) is 322 Å². The zero-order valence-electron chi connectivity index (χ0n) is 46.8. The van der Waals surface area contributed by atoms with E-state index in [0.717, 1.165) is 64.2 Å². The standard InChI is InChI=1S/C65H118O5/c1-3-5-7-9-11-13-15-17-19-21-23-25-26-27-28-29-30-31-32-33-34-35-36-37-38-40-42-44-46-48-50-52-54-56-58-60-65(68)70-63(61-66)62-69-64(67)59-57-55-53-51-49-47-45-43-41-39-24-22-20-18-16-14-12-10-8-6-4-2/h5,7,11,13,17,19,22-25,63,66H,3-4,6,8-10,12,14-16,18,20-21,26-62H2,1-2H3/b7-5-,13-11-,19-17-,24-22-,25-23-. The van der Waals surface area contributed by atoms with Gasteiger partial charge in [0.2, 0.25) is 0 Å². The third kappa shape index (κ3) is 58.2. The Morgan fingerprint density at radius 1 is 0.343 bits per heavy atom.